The van der Waals surface area contributed by atoms with E-state index in [1.165, 1.54) is 15.6 Å². The van der Waals surface area contributed by atoms with Gasteiger partial charge in [0.1, 0.15) is 4.21 Å². The highest BCUT2D eigenvalue weighted by molar-refractivity contribution is 9.11. The molecule has 0 saturated carbocycles. The van der Waals surface area contributed by atoms with Crippen LogP contribution in [0.3, 0.4) is 0 Å². The lowest BCUT2D eigenvalue weighted by atomic mass is 10.1. The van der Waals surface area contributed by atoms with E-state index >= 15 is 0 Å². The van der Waals surface area contributed by atoms with Gasteiger partial charge in [0.25, 0.3) is 10.0 Å². The molecule has 2 N–H and O–H groups in total. The molecule has 0 unspecified atom stereocenters. The van der Waals surface area contributed by atoms with E-state index in [0.717, 1.165) is 14.9 Å². The normalized spacial score (nSPS) is 14.6. The second-order valence-electron chi connectivity index (χ2n) is 4.69. The third-order valence-corrected chi connectivity index (χ3v) is 7.80. The number of nitrogens with two attached hydrogens (primary N) is 1. The Morgan fingerprint density at radius 3 is 2.80 bits per heavy atom. The third kappa shape index (κ3) is 2.04. The van der Waals surface area contributed by atoms with E-state index in [1.807, 2.05) is 13.0 Å². The standard InChI is InChI=1S/C13H13BrN2O2S2/c1-8-7-12(19-13(8)14)20(17,18)16-6-5-9-10(15)3-2-4-11(9)16/h2-4,7H,5-6,15H2,1H3. The van der Waals surface area contributed by atoms with Gasteiger partial charge in [-0.25, -0.2) is 8.42 Å². The van der Waals surface area contributed by atoms with Crippen molar-refractivity contribution in [3.05, 3.63) is 39.2 Å². The topological polar surface area (TPSA) is 63.4 Å². The maximum absolute atomic E-state index is 12.7. The SMILES string of the molecule is Cc1cc(S(=O)(=O)N2CCc3c(N)cccc32)sc1Br. The Bertz CT molecular complexity index is 764. The van der Waals surface area contributed by atoms with E-state index in [9.17, 15) is 8.42 Å². The first-order valence-electron chi connectivity index (χ1n) is 6.07. The molecule has 0 atom stereocenters. The van der Waals surface area contributed by atoms with E-state index in [2.05, 4.69) is 15.9 Å². The first-order valence-corrected chi connectivity index (χ1v) is 9.12. The Morgan fingerprint density at radius 1 is 1.40 bits per heavy atom. The minimum absolute atomic E-state index is 0.358. The monoisotopic (exact) mass is 372 g/mol. The predicted octanol–water partition coefficient (Wildman–Crippen LogP) is 3.15. The fraction of sp³-hybridized carbons (Fsp3) is 0.231. The van der Waals surface area contributed by atoms with Crippen molar-refractivity contribution in [1.82, 2.24) is 0 Å². The fourth-order valence-corrected chi connectivity index (χ4v) is 6.19. The predicted molar refractivity (Wildman–Crippen MR) is 85.8 cm³/mol. The summed E-state index contributed by atoms with van der Waals surface area (Å²) < 4.78 is 28.2. The first kappa shape index (κ1) is 13.9. The summed E-state index contributed by atoms with van der Waals surface area (Å²) in [7, 11) is -3.50. The number of hydrogen-bond acceptors (Lipinski definition) is 4. The molecule has 0 bridgehead atoms. The van der Waals surface area contributed by atoms with Gasteiger partial charge in [-0.05, 0) is 53.0 Å². The van der Waals surface area contributed by atoms with Crippen LogP contribution >= 0.6 is 27.3 Å². The van der Waals surface area contributed by atoms with E-state index in [4.69, 9.17) is 5.73 Å². The Kier molecular flexibility index (Phi) is 3.30. The van der Waals surface area contributed by atoms with Crippen LogP contribution < -0.4 is 10.0 Å². The molecule has 1 aliphatic heterocycles. The minimum atomic E-state index is -3.50. The number of benzene rings is 1. The third-order valence-electron chi connectivity index (χ3n) is 3.40. The van der Waals surface area contributed by atoms with Crippen molar-refractivity contribution in [2.75, 3.05) is 16.6 Å². The van der Waals surface area contributed by atoms with Crippen LogP contribution in [-0.2, 0) is 16.4 Å². The quantitative estimate of drug-likeness (QED) is 0.823. The largest absolute Gasteiger partial charge is 0.398 e. The van der Waals surface area contributed by atoms with Crippen molar-refractivity contribution >= 4 is 48.7 Å². The van der Waals surface area contributed by atoms with Crippen LogP contribution in [-0.4, -0.2) is 15.0 Å². The summed E-state index contributed by atoms with van der Waals surface area (Å²) in [6.07, 6.45) is 0.659. The molecule has 0 spiro atoms. The maximum Gasteiger partial charge on any atom is 0.273 e. The van der Waals surface area contributed by atoms with Gasteiger partial charge in [0, 0.05) is 17.8 Å². The second-order valence-corrected chi connectivity index (χ2v) is 9.15. The van der Waals surface area contributed by atoms with Crippen LogP contribution in [0.1, 0.15) is 11.1 Å². The van der Waals surface area contributed by atoms with E-state index < -0.39 is 10.0 Å². The van der Waals surface area contributed by atoms with Crippen molar-refractivity contribution < 1.29 is 8.42 Å². The van der Waals surface area contributed by atoms with Gasteiger partial charge in [-0.2, -0.15) is 0 Å². The molecule has 4 nitrogen and oxygen atoms in total. The average Bonchev–Trinajstić information content (AvgIpc) is 2.96. The van der Waals surface area contributed by atoms with Crippen molar-refractivity contribution in [1.29, 1.82) is 0 Å². The molecule has 0 aliphatic carbocycles. The average molecular weight is 373 g/mol. The van der Waals surface area contributed by atoms with Crippen molar-refractivity contribution in [3.8, 4) is 0 Å². The van der Waals surface area contributed by atoms with Gasteiger partial charge >= 0.3 is 0 Å². The Morgan fingerprint density at radius 2 is 2.15 bits per heavy atom. The van der Waals surface area contributed by atoms with Crippen LogP contribution in [0.5, 0.6) is 0 Å². The molecule has 20 heavy (non-hydrogen) atoms. The maximum atomic E-state index is 12.7. The first-order chi connectivity index (χ1) is 9.41. The molecular formula is C13H13BrN2O2S2. The molecule has 0 fully saturated rings. The zero-order chi connectivity index (χ0) is 14.5. The Labute approximate surface area is 130 Å². The van der Waals surface area contributed by atoms with Crippen molar-refractivity contribution in [2.24, 2.45) is 0 Å². The molecule has 1 aromatic heterocycles. The number of sulfonamides is 1. The van der Waals surface area contributed by atoms with Crippen LogP contribution in [0.4, 0.5) is 11.4 Å². The van der Waals surface area contributed by atoms with Crippen molar-refractivity contribution in [2.45, 2.75) is 17.6 Å². The van der Waals surface area contributed by atoms with Gasteiger partial charge in [0.15, 0.2) is 0 Å². The highest BCUT2D eigenvalue weighted by atomic mass is 79.9. The van der Waals surface area contributed by atoms with Gasteiger partial charge in [-0.3, -0.25) is 4.31 Å². The summed E-state index contributed by atoms with van der Waals surface area (Å²) in [5.74, 6) is 0. The Hall–Kier alpha value is -1.05. The second kappa shape index (κ2) is 4.75. The summed E-state index contributed by atoms with van der Waals surface area (Å²) in [5.41, 5.74) is 9.13. The van der Waals surface area contributed by atoms with Crippen LogP contribution in [0, 0.1) is 6.92 Å². The summed E-state index contributed by atoms with van der Waals surface area (Å²) in [6, 6.07) is 7.11. The molecule has 0 saturated heterocycles. The molecule has 0 amide bonds. The zero-order valence-corrected chi connectivity index (χ0v) is 14.0. The number of hydrogen-bond donors (Lipinski definition) is 1. The number of nitrogens with zero attached hydrogens (tertiary/aromatic N) is 1. The smallest absolute Gasteiger partial charge is 0.273 e. The summed E-state index contributed by atoms with van der Waals surface area (Å²) in [4.78, 5) is 0. The lowest BCUT2D eigenvalue weighted by Crippen LogP contribution is -2.28. The van der Waals surface area contributed by atoms with Crippen LogP contribution in [0.2, 0.25) is 0 Å². The van der Waals surface area contributed by atoms with E-state index in [-0.39, 0.29) is 0 Å². The summed E-state index contributed by atoms with van der Waals surface area (Å²) >= 11 is 4.62. The molecule has 1 aromatic carbocycles. The number of rotatable bonds is 2. The molecule has 0 radical (unpaired) electrons. The van der Waals surface area contributed by atoms with E-state index in [0.29, 0.717) is 28.5 Å². The number of fused-ring (bicyclic) bond motifs is 1. The number of thiophene rings is 1. The van der Waals surface area contributed by atoms with E-state index in [1.54, 1.807) is 18.2 Å². The molecule has 2 aromatic rings. The molecule has 7 heteroatoms. The number of nitrogen functional groups attached to an aromatic ring is 1. The molecule has 106 valence electrons. The Balaban J connectivity index is 2.09. The van der Waals surface area contributed by atoms with Gasteiger partial charge in [-0.15, -0.1) is 11.3 Å². The fourth-order valence-electron chi connectivity index (χ4n) is 2.35. The molecule has 2 heterocycles. The number of aryl methyl sites for hydroxylation is 1. The summed E-state index contributed by atoms with van der Waals surface area (Å²) in [5, 5.41) is 0. The van der Waals surface area contributed by atoms with Gasteiger partial charge in [0.05, 0.1) is 9.47 Å². The van der Waals surface area contributed by atoms with Gasteiger partial charge in [-0.1, -0.05) is 6.07 Å². The van der Waals surface area contributed by atoms with Gasteiger partial charge < -0.3 is 5.73 Å². The van der Waals surface area contributed by atoms with Crippen molar-refractivity contribution in [3.63, 3.8) is 0 Å². The summed E-state index contributed by atoms with van der Waals surface area (Å²) in [6.45, 7) is 2.33. The molecule has 1 aliphatic rings. The van der Waals surface area contributed by atoms with Gasteiger partial charge in [0.2, 0.25) is 0 Å². The molecule has 3 rings (SSSR count). The minimum Gasteiger partial charge on any atom is -0.398 e. The highest BCUT2D eigenvalue weighted by Crippen LogP contribution is 2.39. The molecular weight excluding hydrogens is 360 g/mol. The number of anilines is 2. The van der Waals surface area contributed by atoms with Crippen LogP contribution in [0.15, 0.2) is 32.3 Å². The zero-order valence-electron chi connectivity index (χ0n) is 10.8. The lowest BCUT2D eigenvalue weighted by Gasteiger charge is -2.18. The number of halogens is 1. The highest BCUT2D eigenvalue weighted by Gasteiger charge is 2.33. The lowest BCUT2D eigenvalue weighted by molar-refractivity contribution is 0.594. The van der Waals surface area contributed by atoms with Crippen LogP contribution in [0.25, 0.3) is 0 Å².